The average Bonchev–Trinajstić information content (AvgIpc) is 2.45. The highest BCUT2D eigenvalue weighted by Crippen LogP contribution is 2.15. The topological polar surface area (TPSA) is 63.7 Å². The summed E-state index contributed by atoms with van der Waals surface area (Å²) in [6.07, 6.45) is 1.80. The van der Waals surface area contributed by atoms with Crippen molar-refractivity contribution >= 4 is 41.7 Å². The lowest BCUT2D eigenvalue weighted by Crippen LogP contribution is -2.42. The van der Waals surface area contributed by atoms with E-state index in [-0.39, 0.29) is 29.6 Å². The van der Waals surface area contributed by atoms with Crippen molar-refractivity contribution in [2.75, 3.05) is 24.6 Å². The van der Waals surface area contributed by atoms with Gasteiger partial charge in [-0.05, 0) is 26.3 Å². The van der Waals surface area contributed by atoms with E-state index in [9.17, 15) is 0 Å². The fourth-order valence-electron chi connectivity index (χ4n) is 1.94. The third-order valence-electron chi connectivity index (χ3n) is 2.97. The molecule has 1 aromatic rings. The van der Waals surface area contributed by atoms with Crippen molar-refractivity contribution < 1.29 is 4.74 Å². The van der Waals surface area contributed by atoms with Gasteiger partial charge in [-0.1, -0.05) is 6.07 Å². The second-order valence-corrected chi connectivity index (χ2v) is 7.22. The fraction of sp³-hybridized carbons (Fsp3) is 0.600. The zero-order valence-electron chi connectivity index (χ0n) is 13.4. The number of aliphatic imine (C=N–C) groups is 1. The molecule has 1 saturated heterocycles. The van der Waals surface area contributed by atoms with Gasteiger partial charge in [0.15, 0.2) is 5.96 Å². The van der Waals surface area contributed by atoms with Gasteiger partial charge in [0.2, 0.25) is 5.88 Å². The molecule has 0 saturated carbocycles. The summed E-state index contributed by atoms with van der Waals surface area (Å²) in [5.41, 5.74) is 6.83. The molecule has 0 radical (unpaired) electrons. The minimum absolute atomic E-state index is 0. The van der Waals surface area contributed by atoms with E-state index in [1.54, 1.807) is 6.20 Å². The van der Waals surface area contributed by atoms with E-state index in [1.165, 1.54) is 0 Å². The normalized spacial score (nSPS) is 16.1. The zero-order valence-corrected chi connectivity index (χ0v) is 16.6. The minimum Gasteiger partial charge on any atom is -0.472 e. The highest BCUT2D eigenvalue weighted by molar-refractivity contribution is 14.0. The maximum atomic E-state index is 6.03. The van der Waals surface area contributed by atoms with Crippen molar-refractivity contribution in [3.8, 4) is 5.88 Å². The number of thioether (sulfide) groups is 1. The molecular formula is C15H25IN4OS. The molecular weight excluding hydrogens is 411 g/mol. The Labute approximate surface area is 154 Å². The van der Waals surface area contributed by atoms with E-state index in [0.29, 0.717) is 18.4 Å². The van der Waals surface area contributed by atoms with Gasteiger partial charge < -0.3 is 15.4 Å². The lowest BCUT2D eigenvalue weighted by atomic mass is 10.2. The number of pyridine rings is 1. The third kappa shape index (κ3) is 6.60. The van der Waals surface area contributed by atoms with Crippen LogP contribution in [0.1, 0.15) is 26.3 Å². The van der Waals surface area contributed by atoms with Gasteiger partial charge >= 0.3 is 0 Å². The molecule has 2 rings (SSSR count). The maximum absolute atomic E-state index is 6.03. The van der Waals surface area contributed by atoms with Crippen LogP contribution in [0.15, 0.2) is 23.3 Å². The van der Waals surface area contributed by atoms with Crippen molar-refractivity contribution in [1.82, 2.24) is 9.88 Å². The Balaban J connectivity index is 0.00000242. The second-order valence-electron chi connectivity index (χ2n) is 5.99. The van der Waals surface area contributed by atoms with Gasteiger partial charge in [0, 0.05) is 36.9 Å². The van der Waals surface area contributed by atoms with Crippen molar-refractivity contribution in [2.24, 2.45) is 10.7 Å². The zero-order chi connectivity index (χ0) is 15.3. The van der Waals surface area contributed by atoms with Gasteiger partial charge in [-0.3, -0.25) is 0 Å². The monoisotopic (exact) mass is 436 g/mol. The maximum Gasteiger partial charge on any atom is 0.213 e. The number of nitrogens with zero attached hydrogens (tertiary/aromatic N) is 3. The molecule has 0 unspecified atom stereocenters. The summed E-state index contributed by atoms with van der Waals surface area (Å²) >= 11 is 1.96. The lowest BCUT2D eigenvalue weighted by molar-refractivity contribution is 0.124. The molecule has 2 N–H and O–H groups in total. The van der Waals surface area contributed by atoms with Gasteiger partial charge in [0.25, 0.3) is 0 Å². The van der Waals surface area contributed by atoms with Crippen LogP contribution in [0.2, 0.25) is 0 Å². The lowest BCUT2D eigenvalue weighted by Gasteiger charge is -2.27. The Morgan fingerprint density at radius 1 is 1.36 bits per heavy atom. The van der Waals surface area contributed by atoms with Crippen LogP contribution in [-0.4, -0.2) is 46.0 Å². The Bertz CT molecular complexity index is 481. The highest BCUT2D eigenvalue weighted by Gasteiger charge is 2.13. The van der Waals surface area contributed by atoms with Gasteiger partial charge in [-0.25, -0.2) is 9.98 Å². The van der Waals surface area contributed by atoms with Crippen molar-refractivity contribution in [3.05, 3.63) is 23.9 Å². The fourth-order valence-corrected chi connectivity index (χ4v) is 2.85. The first kappa shape index (κ1) is 19.3. The Morgan fingerprint density at radius 2 is 2.05 bits per heavy atom. The van der Waals surface area contributed by atoms with Gasteiger partial charge in [-0.15, -0.1) is 24.0 Å². The number of guanidine groups is 1. The van der Waals surface area contributed by atoms with Crippen LogP contribution in [-0.2, 0) is 6.54 Å². The Hall–Kier alpha value is -0.700. The first-order valence-electron chi connectivity index (χ1n) is 7.20. The third-order valence-corrected chi connectivity index (χ3v) is 3.91. The number of hydrogen-bond donors (Lipinski definition) is 1. The number of rotatable bonds is 3. The van der Waals surface area contributed by atoms with Gasteiger partial charge in [0.1, 0.15) is 5.60 Å². The summed E-state index contributed by atoms with van der Waals surface area (Å²) in [7, 11) is 0. The SMILES string of the molecule is CC(C)(C)Oc1ccc(CN=C(N)N2CCSCC2)cn1.I. The number of aromatic nitrogens is 1. The molecule has 0 aliphatic carbocycles. The van der Waals surface area contributed by atoms with E-state index < -0.39 is 0 Å². The molecule has 0 spiro atoms. The predicted octanol–water partition coefficient (Wildman–Crippen LogP) is 2.74. The Kier molecular flexibility index (Phi) is 7.75. The smallest absolute Gasteiger partial charge is 0.213 e. The molecule has 2 heterocycles. The summed E-state index contributed by atoms with van der Waals surface area (Å²) in [4.78, 5) is 10.9. The minimum atomic E-state index is -0.233. The average molecular weight is 436 g/mol. The predicted molar refractivity (Wildman–Crippen MR) is 104 cm³/mol. The molecule has 124 valence electrons. The molecule has 1 aromatic heterocycles. The summed E-state index contributed by atoms with van der Waals surface area (Å²) in [5.74, 6) is 3.51. The van der Waals surface area contributed by atoms with Crippen LogP contribution in [0.5, 0.6) is 5.88 Å². The van der Waals surface area contributed by atoms with Crippen LogP contribution < -0.4 is 10.5 Å². The first-order chi connectivity index (χ1) is 9.94. The number of nitrogens with two attached hydrogens (primary N) is 1. The quantitative estimate of drug-likeness (QED) is 0.449. The van der Waals surface area contributed by atoms with Gasteiger partial charge in [-0.2, -0.15) is 11.8 Å². The molecule has 1 fully saturated rings. The van der Waals surface area contributed by atoms with Crippen molar-refractivity contribution in [3.63, 3.8) is 0 Å². The number of hydrogen-bond acceptors (Lipinski definition) is 4. The molecule has 0 amide bonds. The van der Waals surface area contributed by atoms with E-state index in [2.05, 4.69) is 14.9 Å². The Morgan fingerprint density at radius 3 is 2.59 bits per heavy atom. The summed E-state index contributed by atoms with van der Waals surface area (Å²) < 4.78 is 5.70. The van der Waals surface area contributed by atoms with E-state index >= 15 is 0 Å². The molecule has 0 aromatic carbocycles. The molecule has 7 heteroatoms. The summed E-state index contributed by atoms with van der Waals surface area (Å²) in [6, 6.07) is 3.86. The van der Waals surface area contributed by atoms with Crippen LogP contribution in [0.4, 0.5) is 0 Å². The largest absolute Gasteiger partial charge is 0.472 e. The summed E-state index contributed by atoms with van der Waals surface area (Å²) in [5, 5.41) is 0. The molecule has 22 heavy (non-hydrogen) atoms. The van der Waals surface area contributed by atoms with Crippen LogP contribution >= 0.6 is 35.7 Å². The molecule has 5 nitrogen and oxygen atoms in total. The van der Waals surface area contributed by atoms with Crippen LogP contribution in [0, 0.1) is 0 Å². The molecule has 0 bridgehead atoms. The highest BCUT2D eigenvalue weighted by atomic mass is 127. The standard InChI is InChI=1S/C15H24N4OS.HI/c1-15(2,3)20-13-5-4-12(10-17-13)11-18-14(16)19-6-8-21-9-7-19;/h4-5,10H,6-9,11H2,1-3H3,(H2,16,18);1H. The summed E-state index contributed by atoms with van der Waals surface area (Å²) in [6.45, 7) is 8.53. The molecule has 1 aliphatic rings. The van der Waals surface area contributed by atoms with E-state index in [4.69, 9.17) is 10.5 Å². The molecule has 0 atom stereocenters. The van der Waals surface area contributed by atoms with E-state index in [1.807, 2.05) is 44.7 Å². The van der Waals surface area contributed by atoms with E-state index in [0.717, 1.165) is 30.2 Å². The van der Waals surface area contributed by atoms with Crippen molar-refractivity contribution in [2.45, 2.75) is 32.9 Å². The number of halogens is 1. The second kappa shape index (κ2) is 8.81. The van der Waals surface area contributed by atoms with Crippen LogP contribution in [0.25, 0.3) is 0 Å². The number of ether oxygens (including phenoxy) is 1. The van der Waals surface area contributed by atoms with Gasteiger partial charge in [0.05, 0.1) is 6.54 Å². The molecule has 1 aliphatic heterocycles. The van der Waals surface area contributed by atoms with Crippen LogP contribution in [0.3, 0.4) is 0 Å². The first-order valence-corrected chi connectivity index (χ1v) is 8.36. The van der Waals surface area contributed by atoms with Crippen molar-refractivity contribution in [1.29, 1.82) is 0 Å².